The molecule has 7 heteroatoms. The summed E-state index contributed by atoms with van der Waals surface area (Å²) in [6.45, 7) is -2.45. The fourth-order valence-electron chi connectivity index (χ4n) is 1.47. The van der Waals surface area contributed by atoms with Crippen LogP contribution in [0, 0.1) is 0 Å². The maximum atomic E-state index is 12.3. The summed E-state index contributed by atoms with van der Waals surface area (Å²) in [5, 5.41) is 11.4. The first-order valence-corrected chi connectivity index (χ1v) is 5.66. The third-order valence-corrected chi connectivity index (χ3v) is 2.31. The van der Waals surface area contributed by atoms with E-state index in [1.54, 1.807) is 30.3 Å². The predicted molar refractivity (Wildman–Crippen MR) is 64.7 cm³/mol. The standard InChI is InChI=1S/C12H15F3N2O2/c13-12(14,15)9-17(6-7-18)11(19)8-16-10-4-2-1-3-5-10/h1-5,16,18H,6-9H2. The number of carbonyl (C=O) groups is 1. The number of para-hydroxylation sites is 1. The number of nitrogens with one attached hydrogen (secondary N) is 1. The Morgan fingerprint density at radius 2 is 1.89 bits per heavy atom. The molecule has 0 radical (unpaired) electrons. The number of aliphatic hydroxyl groups is 1. The second-order valence-electron chi connectivity index (χ2n) is 3.87. The van der Waals surface area contributed by atoms with Crippen molar-refractivity contribution in [3.63, 3.8) is 0 Å². The summed E-state index contributed by atoms with van der Waals surface area (Å²) in [4.78, 5) is 12.2. The van der Waals surface area contributed by atoms with Crippen LogP contribution in [0.1, 0.15) is 0 Å². The number of aliphatic hydroxyl groups excluding tert-OH is 1. The fraction of sp³-hybridized carbons (Fsp3) is 0.417. The van der Waals surface area contributed by atoms with Crippen LogP contribution in [0.4, 0.5) is 18.9 Å². The van der Waals surface area contributed by atoms with E-state index in [4.69, 9.17) is 5.11 Å². The van der Waals surface area contributed by atoms with Crippen molar-refractivity contribution in [2.24, 2.45) is 0 Å². The number of rotatable bonds is 6. The van der Waals surface area contributed by atoms with Crippen molar-refractivity contribution in [1.82, 2.24) is 4.90 Å². The third-order valence-electron chi connectivity index (χ3n) is 2.31. The Labute approximate surface area is 108 Å². The first-order valence-electron chi connectivity index (χ1n) is 5.66. The monoisotopic (exact) mass is 276 g/mol. The summed E-state index contributed by atoms with van der Waals surface area (Å²) in [5.74, 6) is -0.713. The van der Waals surface area contributed by atoms with Crippen molar-refractivity contribution in [2.75, 3.05) is 31.6 Å². The summed E-state index contributed by atoms with van der Waals surface area (Å²) in [6.07, 6.45) is -4.47. The van der Waals surface area contributed by atoms with Gasteiger partial charge < -0.3 is 15.3 Å². The number of nitrogens with zero attached hydrogens (tertiary/aromatic N) is 1. The van der Waals surface area contributed by atoms with Crippen molar-refractivity contribution >= 4 is 11.6 Å². The van der Waals surface area contributed by atoms with Gasteiger partial charge in [-0.15, -0.1) is 0 Å². The average Bonchev–Trinajstić information content (AvgIpc) is 2.35. The van der Waals surface area contributed by atoms with E-state index in [-0.39, 0.29) is 13.1 Å². The summed E-state index contributed by atoms with van der Waals surface area (Å²) in [5.41, 5.74) is 0.645. The third kappa shape index (κ3) is 6.10. The molecule has 1 aromatic rings. The van der Waals surface area contributed by atoms with Gasteiger partial charge in [0.25, 0.3) is 0 Å². The minimum absolute atomic E-state index is 0.250. The van der Waals surface area contributed by atoms with Gasteiger partial charge in [-0.3, -0.25) is 4.79 Å². The van der Waals surface area contributed by atoms with Gasteiger partial charge in [-0.05, 0) is 12.1 Å². The lowest BCUT2D eigenvalue weighted by molar-refractivity contribution is -0.160. The van der Waals surface area contributed by atoms with Crippen LogP contribution in [0.2, 0.25) is 0 Å². The van der Waals surface area contributed by atoms with Gasteiger partial charge in [-0.2, -0.15) is 13.2 Å². The first-order chi connectivity index (χ1) is 8.92. The van der Waals surface area contributed by atoms with Crippen LogP contribution in [0.5, 0.6) is 0 Å². The molecule has 2 N–H and O–H groups in total. The molecule has 1 rings (SSSR count). The van der Waals surface area contributed by atoms with Gasteiger partial charge in [0.2, 0.25) is 5.91 Å². The van der Waals surface area contributed by atoms with E-state index in [9.17, 15) is 18.0 Å². The van der Waals surface area contributed by atoms with Crippen LogP contribution in [0.3, 0.4) is 0 Å². The van der Waals surface area contributed by atoms with Crippen LogP contribution < -0.4 is 5.32 Å². The minimum Gasteiger partial charge on any atom is -0.395 e. The van der Waals surface area contributed by atoms with E-state index >= 15 is 0 Å². The number of anilines is 1. The van der Waals surface area contributed by atoms with Crippen LogP contribution in [0.15, 0.2) is 30.3 Å². The summed E-state index contributed by atoms with van der Waals surface area (Å²) >= 11 is 0. The lowest BCUT2D eigenvalue weighted by Crippen LogP contribution is -2.43. The highest BCUT2D eigenvalue weighted by molar-refractivity contribution is 5.80. The van der Waals surface area contributed by atoms with Crippen molar-refractivity contribution in [3.05, 3.63) is 30.3 Å². The molecule has 1 aromatic carbocycles. The van der Waals surface area contributed by atoms with E-state index in [0.29, 0.717) is 10.6 Å². The number of halogens is 3. The molecule has 0 atom stereocenters. The van der Waals surface area contributed by atoms with E-state index < -0.39 is 25.2 Å². The molecule has 0 fully saturated rings. The highest BCUT2D eigenvalue weighted by Crippen LogP contribution is 2.16. The van der Waals surface area contributed by atoms with Crippen LogP contribution in [-0.2, 0) is 4.79 Å². The largest absolute Gasteiger partial charge is 0.406 e. The number of amides is 1. The fourth-order valence-corrected chi connectivity index (χ4v) is 1.47. The van der Waals surface area contributed by atoms with Crippen LogP contribution in [0.25, 0.3) is 0 Å². The second-order valence-corrected chi connectivity index (χ2v) is 3.87. The summed E-state index contributed by atoms with van der Waals surface area (Å²) < 4.78 is 36.8. The van der Waals surface area contributed by atoms with E-state index in [1.807, 2.05) is 0 Å². The normalized spacial score (nSPS) is 11.2. The van der Waals surface area contributed by atoms with Gasteiger partial charge in [0.05, 0.1) is 13.2 Å². The maximum Gasteiger partial charge on any atom is 0.406 e. The van der Waals surface area contributed by atoms with Gasteiger partial charge in [0.15, 0.2) is 0 Å². The number of carbonyl (C=O) groups excluding carboxylic acids is 1. The molecule has 0 aliphatic rings. The molecule has 0 spiro atoms. The molecular formula is C12H15F3N2O2. The first kappa shape index (κ1) is 15.3. The summed E-state index contributed by atoms with van der Waals surface area (Å²) in [6, 6.07) is 8.68. The maximum absolute atomic E-state index is 12.3. The van der Waals surface area contributed by atoms with E-state index in [0.717, 1.165) is 0 Å². The molecule has 0 heterocycles. The Kier molecular flexibility index (Phi) is 5.62. The number of hydrogen-bond donors (Lipinski definition) is 2. The van der Waals surface area contributed by atoms with Crippen molar-refractivity contribution in [2.45, 2.75) is 6.18 Å². The van der Waals surface area contributed by atoms with Crippen molar-refractivity contribution in [3.8, 4) is 0 Å². The lowest BCUT2D eigenvalue weighted by atomic mass is 10.3. The molecule has 0 aliphatic carbocycles. The molecule has 1 amide bonds. The molecule has 0 saturated carbocycles. The number of hydrogen-bond acceptors (Lipinski definition) is 3. The second kappa shape index (κ2) is 6.98. The Morgan fingerprint density at radius 3 is 2.42 bits per heavy atom. The molecule has 0 saturated heterocycles. The molecule has 0 aromatic heterocycles. The van der Waals surface area contributed by atoms with Gasteiger partial charge in [-0.1, -0.05) is 18.2 Å². The van der Waals surface area contributed by atoms with Crippen LogP contribution in [-0.4, -0.2) is 48.3 Å². The van der Waals surface area contributed by atoms with Crippen molar-refractivity contribution in [1.29, 1.82) is 0 Å². The quantitative estimate of drug-likeness (QED) is 0.827. The zero-order valence-electron chi connectivity index (χ0n) is 10.2. The highest BCUT2D eigenvalue weighted by Gasteiger charge is 2.32. The van der Waals surface area contributed by atoms with Crippen LogP contribution >= 0.6 is 0 Å². The zero-order valence-corrected chi connectivity index (χ0v) is 10.2. The van der Waals surface area contributed by atoms with E-state index in [2.05, 4.69) is 5.32 Å². The number of alkyl halides is 3. The van der Waals surface area contributed by atoms with Gasteiger partial charge in [-0.25, -0.2) is 0 Å². The predicted octanol–water partition coefficient (Wildman–Crippen LogP) is 1.48. The molecule has 0 bridgehead atoms. The Hall–Kier alpha value is -1.76. The zero-order chi connectivity index (χ0) is 14.3. The minimum atomic E-state index is -4.47. The lowest BCUT2D eigenvalue weighted by Gasteiger charge is -2.23. The van der Waals surface area contributed by atoms with Gasteiger partial charge in [0.1, 0.15) is 6.54 Å². The smallest absolute Gasteiger partial charge is 0.395 e. The Balaban J connectivity index is 2.52. The highest BCUT2D eigenvalue weighted by atomic mass is 19.4. The molecule has 0 aliphatic heterocycles. The SMILES string of the molecule is O=C(CNc1ccccc1)N(CCO)CC(F)(F)F. The van der Waals surface area contributed by atoms with Gasteiger partial charge >= 0.3 is 6.18 Å². The number of benzene rings is 1. The Morgan fingerprint density at radius 1 is 1.26 bits per heavy atom. The van der Waals surface area contributed by atoms with Gasteiger partial charge in [0, 0.05) is 12.2 Å². The topological polar surface area (TPSA) is 52.6 Å². The molecule has 106 valence electrons. The molecule has 19 heavy (non-hydrogen) atoms. The summed E-state index contributed by atoms with van der Waals surface area (Å²) in [7, 11) is 0. The Bertz CT molecular complexity index is 396. The average molecular weight is 276 g/mol. The van der Waals surface area contributed by atoms with E-state index in [1.165, 1.54) is 0 Å². The molecule has 4 nitrogen and oxygen atoms in total. The van der Waals surface area contributed by atoms with Crippen molar-refractivity contribution < 1.29 is 23.1 Å². The molecular weight excluding hydrogens is 261 g/mol. The molecule has 0 unspecified atom stereocenters.